The summed E-state index contributed by atoms with van der Waals surface area (Å²) in [5.74, 6) is 0.650. The lowest BCUT2D eigenvalue weighted by molar-refractivity contribution is -0.146. The molecule has 0 aliphatic carbocycles. The molecule has 7 nitrogen and oxygen atoms in total. The molecular weight excluding hydrogens is 344 g/mol. The molecule has 3 aliphatic heterocycles. The predicted molar refractivity (Wildman–Crippen MR) is 93.6 cm³/mol. The third-order valence-corrected chi connectivity index (χ3v) is 8.85. The molecule has 1 N–H and O–H groups in total. The molecule has 3 saturated heterocycles. The normalized spacial score (nSPS) is 27.1. The van der Waals surface area contributed by atoms with E-state index in [-0.39, 0.29) is 26.1 Å². The fraction of sp³-hybridized carbons (Fsp3) is 0.941. The Morgan fingerprint density at radius 1 is 1.08 bits per heavy atom. The zero-order valence-electron chi connectivity index (χ0n) is 15.0. The first-order valence-electron chi connectivity index (χ1n) is 9.38. The number of ether oxygens (including phenoxy) is 2. The summed E-state index contributed by atoms with van der Waals surface area (Å²) in [6.45, 7) is 3.70. The van der Waals surface area contributed by atoms with Crippen molar-refractivity contribution >= 4 is 16.0 Å². The average Bonchev–Trinajstić information content (AvgIpc) is 2.68. The Balaban J connectivity index is 1.70. The number of methoxy groups -OCH3 is 1. The van der Waals surface area contributed by atoms with Gasteiger partial charge in [-0.15, -0.1) is 0 Å². The van der Waals surface area contributed by atoms with E-state index in [2.05, 4.69) is 5.32 Å². The molecule has 0 atom stereocenters. The molecule has 0 aromatic rings. The first kappa shape index (κ1) is 19.1. The standard InChI is InChI=1S/C17H30N2O5S/c1-23-16(20)17(6-12-24-13-7-17)25(21,22)19-10-4-15(5-11-19)14-2-8-18-9-3-14/h14-15,18H,2-13H2,1H3. The first-order valence-corrected chi connectivity index (χ1v) is 10.8. The van der Waals surface area contributed by atoms with Crippen LogP contribution in [0.15, 0.2) is 0 Å². The van der Waals surface area contributed by atoms with Gasteiger partial charge in [0.25, 0.3) is 0 Å². The second-order valence-electron chi connectivity index (χ2n) is 7.43. The molecule has 0 amide bonds. The van der Waals surface area contributed by atoms with Crippen molar-refractivity contribution < 1.29 is 22.7 Å². The summed E-state index contributed by atoms with van der Waals surface area (Å²) in [4.78, 5) is 12.4. The number of piperidine rings is 2. The molecule has 0 radical (unpaired) electrons. The maximum absolute atomic E-state index is 13.3. The van der Waals surface area contributed by atoms with Gasteiger partial charge in [-0.3, -0.25) is 4.79 Å². The Morgan fingerprint density at radius 3 is 2.20 bits per heavy atom. The highest BCUT2D eigenvalue weighted by atomic mass is 32.2. The fourth-order valence-electron chi connectivity index (χ4n) is 4.60. The molecule has 144 valence electrons. The Kier molecular flexibility index (Phi) is 6.03. The van der Waals surface area contributed by atoms with Gasteiger partial charge in [-0.25, -0.2) is 12.7 Å². The Hall–Kier alpha value is -0.700. The van der Waals surface area contributed by atoms with Crippen LogP contribution < -0.4 is 5.32 Å². The van der Waals surface area contributed by atoms with Gasteiger partial charge < -0.3 is 14.8 Å². The van der Waals surface area contributed by atoms with E-state index < -0.39 is 20.7 Å². The fourth-order valence-corrected chi connectivity index (χ4v) is 6.77. The number of hydrogen-bond donors (Lipinski definition) is 1. The highest BCUT2D eigenvalue weighted by molar-refractivity contribution is 7.91. The van der Waals surface area contributed by atoms with Crippen LogP contribution in [0.3, 0.4) is 0 Å². The van der Waals surface area contributed by atoms with Crippen LogP contribution in [0.25, 0.3) is 0 Å². The quantitative estimate of drug-likeness (QED) is 0.731. The molecule has 3 fully saturated rings. The number of esters is 1. The average molecular weight is 375 g/mol. The summed E-state index contributed by atoms with van der Waals surface area (Å²) in [6.07, 6.45) is 4.49. The van der Waals surface area contributed by atoms with Crippen molar-refractivity contribution in [1.29, 1.82) is 0 Å². The van der Waals surface area contributed by atoms with Crippen LogP contribution in [0.5, 0.6) is 0 Å². The van der Waals surface area contributed by atoms with Crippen molar-refractivity contribution in [2.75, 3.05) is 46.5 Å². The van der Waals surface area contributed by atoms with Crippen molar-refractivity contribution in [2.45, 2.75) is 43.3 Å². The summed E-state index contributed by atoms with van der Waals surface area (Å²) in [7, 11) is -2.48. The van der Waals surface area contributed by atoms with Gasteiger partial charge in [0.1, 0.15) is 0 Å². The highest BCUT2D eigenvalue weighted by Crippen LogP contribution is 2.37. The van der Waals surface area contributed by atoms with Crippen molar-refractivity contribution in [1.82, 2.24) is 9.62 Å². The van der Waals surface area contributed by atoms with Crippen LogP contribution in [0.1, 0.15) is 38.5 Å². The number of hydrogen-bond acceptors (Lipinski definition) is 6. The predicted octanol–water partition coefficient (Wildman–Crippen LogP) is 0.750. The first-order chi connectivity index (χ1) is 12.0. The minimum absolute atomic E-state index is 0.177. The molecule has 0 unspecified atom stereocenters. The molecular formula is C17H30N2O5S. The Labute approximate surface area is 150 Å². The largest absolute Gasteiger partial charge is 0.468 e. The van der Waals surface area contributed by atoms with E-state index in [4.69, 9.17) is 9.47 Å². The van der Waals surface area contributed by atoms with Crippen molar-refractivity contribution in [3.8, 4) is 0 Å². The number of carbonyl (C=O) groups excluding carboxylic acids is 1. The zero-order valence-corrected chi connectivity index (χ0v) is 15.9. The number of nitrogens with zero attached hydrogens (tertiary/aromatic N) is 1. The third kappa shape index (κ3) is 3.59. The summed E-state index contributed by atoms with van der Waals surface area (Å²) in [6, 6.07) is 0. The summed E-state index contributed by atoms with van der Waals surface area (Å²) in [5, 5.41) is 3.38. The van der Waals surface area contributed by atoms with Gasteiger partial charge in [0.05, 0.1) is 7.11 Å². The Morgan fingerprint density at radius 2 is 1.64 bits per heavy atom. The highest BCUT2D eigenvalue weighted by Gasteiger charge is 2.55. The van der Waals surface area contributed by atoms with Gasteiger partial charge >= 0.3 is 5.97 Å². The van der Waals surface area contributed by atoms with Crippen molar-refractivity contribution in [3.05, 3.63) is 0 Å². The molecule has 0 aromatic carbocycles. The monoisotopic (exact) mass is 374 g/mol. The lowest BCUT2D eigenvalue weighted by atomic mass is 9.79. The molecule has 3 heterocycles. The lowest BCUT2D eigenvalue weighted by Crippen LogP contribution is -2.58. The SMILES string of the molecule is COC(=O)C1(S(=O)(=O)N2CCC(C3CCNCC3)CC2)CCOCC1. The third-order valence-electron chi connectivity index (χ3n) is 6.24. The molecule has 0 aromatic heterocycles. The van der Waals surface area contributed by atoms with Crippen LogP contribution in [0, 0.1) is 11.8 Å². The second-order valence-corrected chi connectivity index (χ2v) is 9.68. The van der Waals surface area contributed by atoms with Gasteiger partial charge in [-0.05, 0) is 50.6 Å². The van der Waals surface area contributed by atoms with Gasteiger partial charge in [0.15, 0.2) is 4.75 Å². The van der Waals surface area contributed by atoms with Crippen LogP contribution in [0.4, 0.5) is 0 Å². The molecule has 0 spiro atoms. The van der Waals surface area contributed by atoms with E-state index in [0.717, 1.165) is 25.9 Å². The summed E-state index contributed by atoms with van der Waals surface area (Å²) >= 11 is 0. The number of rotatable bonds is 4. The minimum Gasteiger partial charge on any atom is -0.468 e. The number of carbonyl (C=O) groups is 1. The zero-order chi connectivity index (χ0) is 17.9. The van der Waals surface area contributed by atoms with E-state index in [1.165, 1.54) is 24.3 Å². The van der Waals surface area contributed by atoms with Crippen LogP contribution in [-0.4, -0.2) is 69.9 Å². The molecule has 25 heavy (non-hydrogen) atoms. The van der Waals surface area contributed by atoms with Crippen LogP contribution in [-0.2, 0) is 24.3 Å². The second kappa shape index (κ2) is 7.90. The van der Waals surface area contributed by atoms with Crippen molar-refractivity contribution in [2.24, 2.45) is 11.8 Å². The van der Waals surface area contributed by atoms with Crippen LogP contribution >= 0.6 is 0 Å². The molecule has 0 saturated carbocycles. The summed E-state index contributed by atoms with van der Waals surface area (Å²) in [5.41, 5.74) is 0. The molecule has 0 bridgehead atoms. The molecule has 3 aliphatic rings. The molecule has 8 heteroatoms. The number of nitrogens with one attached hydrogen (secondary N) is 1. The Bertz CT molecular complexity index is 560. The van der Waals surface area contributed by atoms with Gasteiger partial charge in [-0.1, -0.05) is 0 Å². The van der Waals surface area contributed by atoms with Gasteiger partial charge in [-0.2, -0.15) is 0 Å². The summed E-state index contributed by atoms with van der Waals surface area (Å²) < 4.78 is 36.9. The topological polar surface area (TPSA) is 84.9 Å². The van der Waals surface area contributed by atoms with E-state index in [0.29, 0.717) is 24.9 Å². The van der Waals surface area contributed by atoms with E-state index in [9.17, 15) is 13.2 Å². The maximum atomic E-state index is 13.3. The molecule has 3 rings (SSSR count). The van der Waals surface area contributed by atoms with Crippen molar-refractivity contribution in [3.63, 3.8) is 0 Å². The van der Waals surface area contributed by atoms with E-state index in [1.807, 2.05) is 0 Å². The number of sulfonamides is 1. The van der Waals surface area contributed by atoms with Gasteiger partial charge in [0.2, 0.25) is 10.0 Å². The smallest absolute Gasteiger partial charge is 0.328 e. The van der Waals surface area contributed by atoms with Gasteiger partial charge in [0, 0.05) is 39.1 Å². The lowest BCUT2D eigenvalue weighted by Gasteiger charge is -2.42. The maximum Gasteiger partial charge on any atom is 0.328 e. The van der Waals surface area contributed by atoms with E-state index >= 15 is 0 Å². The van der Waals surface area contributed by atoms with Crippen LogP contribution in [0.2, 0.25) is 0 Å². The van der Waals surface area contributed by atoms with E-state index in [1.54, 1.807) is 0 Å². The minimum atomic E-state index is -3.75.